The van der Waals surface area contributed by atoms with E-state index in [0.29, 0.717) is 36.1 Å². The van der Waals surface area contributed by atoms with Crippen LogP contribution in [0.25, 0.3) is 0 Å². The molecular formula is C14H20N2O3. The lowest BCUT2D eigenvalue weighted by atomic mass is 10.1. The molecule has 3 N–H and O–H groups in total. The molecule has 19 heavy (non-hydrogen) atoms. The molecule has 1 fully saturated rings. The lowest BCUT2D eigenvalue weighted by Crippen LogP contribution is -2.22. The first-order valence-corrected chi connectivity index (χ1v) is 6.59. The van der Waals surface area contributed by atoms with Gasteiger partial charge in [0.2, 0.25) is 0 Å². The Kier molecular flexibility index (Phi) is 4.63. The summed E-state index contributed by atoms with van der Waals surface area (Å²) in [6.07, 6.45) is 1.01. The molecule has 104 valence electrons. The zero-order valence-electron chi connectivity index (χ0n) is 11.1. The highest BCUT2D eigenvalue weighted by Gasteiger charge is 2.17. The second-order valence-corrected chi connectivity index (χ2v) is 4.65. The van der Waals surface area contributed by atoms with Crippen molar-refractivity contribution in [3.63, 3.8) is 0 Å². The van der Waals surface area contributed by atoms with E-state index in [4.69, 9.17) is 15.2 Å². The maximum absolute atomic E-state index is 11.7. The van der Waals surface area contributed by atoms with Crippen molar-refractivity contribution >= 4 is 11.6 Å². The number of nitrogen functional groups attached to an aromatic ring is 1. The fraction of sp³-hybridized carbons (Fsp3) is 0.500. The van der Waals surface area contributed by atoms with Crippen molar-refractivity contribution in [1.82, 2.24) is 5.32 Å². The molecule has 1 aromatic rings. The van der Waals surface area contributed by atoms with Gasteiger partial charge >= 0.3 is 0 Å². The van der Waals surface area contributed by atoms with Gasteiger partial charge < -0.3 is 20.5 Å². The molecule has 0 saturated carbocycles. The molecule has 0 radical (unpaired) electrons. The summed E-state index contributed by atoms with van der Waals surface area (Å²) < 4.78 is 11.0. The van der Waals surface area contributed by atoms with Crippen LogP contribution in [0, 0.1) is 5.92 Å². The normalized spacial score (nSPS) is 18.3. The van der Waals surface area contributed by atoms with Gasteiger partial charge in [-0.1, -0.05) is 0 Å². The first-order valence-electron chi connectivity index (χ1n) is 6.59. The summed E-state index contributed by atoms with van der Waals surface area (Å²) in [6.45, 7) is 4.58. The number of rotatable bonds is 5. The Balaban J connectivity index is 2.01. The minimum Gasteiger partial charge on any atom is -0.491 e. The van der Waals surface area contributed by atoms with Gasteiger partial charge in [-0.2, -0.15) is 0 Å². The number of nitrogens with two attached hydrogens (primary N) is 1. The van der Waals surface area contributed by atoms with Crippen molar-refractivity contribution in [1.29, 1.82) is 0 Å². The van der Waals surface area contributed by atoms with E-state index in [1.54, 1.807) is 18.2 Å². The largest absolute Gasteiger partial charge is 0.491 e. The van der Waals surface area contributed by atoms with E-state index in [0.717, 1.165) is 19.6 Å². The molecular weight excluding hydrogens is 244 g/mol. The summed E-state index contributed by atoms with van der Waals surface area (Å²) in [7, 11) is 0. The maximum atomic E-state index is 11.7. The smallest absolute Gasteiger partial charge is 0.251 e. The van der Waals surface area contributed by atoms with Crippen molar-refractivity contribution in [2.75, 3.05) is 32.1 Å². The number of ether oxygens (including phenoxy) is 2. The Morgan fingerprint density at radius 2 is 2.42 bits per heavy atom. The molecule has 1 saturated heterocycles. The fourth-order valence-electron chi connectivity index (χ4n) is 1.99. The molecule has 0 aliphatic carbocycles. The minimum absolute atomic E-state index is 0.114. The van der Waals surface area contributed by atoms with E-state index >= 15 is 0 Å². The minimum atomic E-state index is -0.114. The van der Waals surface area contributed by atoms with Crippen LogP contribution in [0.5, 0.6) is 5.75 Å². The van der Waals surface area contributed by atoms with Crippen LogP contribution in [0.15, 0.2) is 18.2 Å². The molecule has 0 bridgehead atoms. The van der Waals surface area contributed by atoms with Crippen LogP contribution in [0.1, 0.15) is 23.7 Å². The van der Waals surface area contributed by atoms with Gasteiger partial charge in [-0.25, -0.2) is 0 Å². The van der Waals surface area contributed by atoms with Gasteiger partial charge in [-0.15, -0.1) is 0 Å². The van der Waals surface area contributed by atoms with Crippen molar-refractivity contribution in [2.45, 2.75) is 13.3 Å². The number of anilines is 1. The van der Waals surface area contributed by atoms with Crippen LogP contribution in [-0.4, -0.2) is 32.3 Å². The highest BCUT2D eigenvalue weighted by atomic mass is 16.5. The highest BCUT2D eigenvalue weighted by molar-refractivity contribution is 5.95. The van der Waals surface area contributed by atoms with Gasteiger partial charge in [-0.05, 0) is 31.5 Å². The second-order valence-electron chi connectivity index (χ2n) is 4.65. The lowest BCUT2D eigenvalue weighted by Gasteiger charge is -2.13. The van der Waals surface area contributed by atoms with E-state index in [9.17, 15) is 4.79 Å². The third-order valence-corrected chi connectivity index (χ3v) is 3.11. The Morgan fingerprint density at radius 3 is 3.11 bits per heavy atom. The molecule has 1 unspecified atom stereocenters. The standard InChI is InChI=1S/C14H20N2O3/c1-2-16-14(17)11-3-4-12(15)13(7-11)19-9-10-5-6-18-8-10/h3-4,7,10H,2,5-6,8-9,15H2,1H3,(H,16,17). The Bertz CT molecular complexity index is 442. The number of amides is 1. The van der Waals surface area contributed by atoms with Gasteiger partial charge in [0.05, 0.1) is 18.9 Å². The fourth-order valence-corrected chi connectivity index (χ4v) is 1.99. The first kappa shape index (κ1) is 13.7. The van der Waals surface area contributed by atoms with E-state index in [1.165, 1.54) is 0 Å². The predicted octanol–water partition coefficient (Wildman–Crippen LogP) is 1.43. The Labute approximate surface area is 113 Å². The van der Waals surface area contributed by atoms with Crippen molar-refractivity contribution in [3.8, 4) is 5.75 Å². The molecule has 1 amide bonds. The van der Waals surface area contributed by atoms with Crippen LogP contribution in [0.4, 0.5) is 5.69 Å². The van der Waals surface area contributed by atoms with Crippen LogP contribution < -0.4 is 15.8 Å². The Hall–Kier alpha value is -1.75. The molecule has 0 aromatic heterocycles. The van der Waals surface area contributed by atoms with E-state index in [-0.39, 0.29) is 5.91 Å². The second kappa shape index (κ2) is 6.43. The zero-order chi connectivity index (χ0) is 13.7. The zero-order valence-corrected chi connectivity index (χ0v) is 11.1. The molecule has 5 heteroatoms. The van der Waals surface area contributed by atoms with Crippen molar-refractivity contribution in [2.24, 2.45) is 5.92 Å². The first-order chi connectivity index (χ1) is 9.20. The van der Waals surface area contributed by atoms with Crippen LogP contribution >= 0.6 is 0 Å². The summed E-state index contributed by atoms with van der Waals surface area (Å²) >= 11 is 0. The molecule has 2 rings (SSSR count). The summed E-state index contributed by atoms with van der Waals surface area (Å²) in [5, 5.41) is 2.75. The number of nitrogens with one attached hydrogen (secondary N) is 1. The topological polar surface area (TPSA) is 73.6 Å². The molecule has 1 aliphatic rings. The van der Waals surface area contributed by atoms with Gasteiger partial charge in [0.25, 0.3) is 5.91 Å². The molecule has 0 spiro atoms. The number of carbonyl (C=O) groups is 1. The average Bonchev–Trinajstić information content (AvgIpc) is 2.91. The van der Waals surface area contributed by atoms with Crippen molar-refractivity contribution in [3.05, 3.63) is 23.8 Å². The van der Waals surface area contributed by atoms with Crippen molar-refractivity contribution < 1.29 is 14.3 Å². The number of hydrogen-bond acceptors (Lipinski definition) is 4. The third kappa shape index (κ3) is 3.61. The summed E-state index contributed by atoms with van der Waals surface area (Å²) in [4.78, 5) is 11.7. The summed E-state index contributed by atoms with van der Waals surface area (Å²) in [5.74, 6) is 0.861. The van der Waals surface area contributed by atoms with Gasteiger partial charge in [0.15, 0.2) is 0 Å². The number of benzene rings is 1. The molecule has 5 nitrogen and oxygen atoms in total. The molecule has 1 heterocycles. The maximum Gasteiger partial charge on any atom is 0.251 e. The van der Waals surface area contributed by atoms with E-state index < -0.39 is 0 Å². The lowest BCUT2D eigenvalue weighted by molar-refractivity contribution is 0.0955. The Morgan fingerprint density at radius 1 is 1.58 bits per heavy atom. The van der Waals surface area contributed by atoms with Gasteiger partial charge in [0.1, 0.15) is 5.75 Å². The third-order valence-electron chi connectivity index (χ3n) is 3.11. The quantitative estimate of drug-likeness (QED) is 0.789. The SMILES string of the molecule is CCNC(=O)c1ccc(N)c(OCC2CCOC2)c1. The van der Waals surface area contributed by atoms with Crippen LogP contribution in [0.2, 0.25) is 0 Å². The van der Waals surface area contributed by atoms with Gasteiger partial charge in [0, 0.05) is 24.6 Å². The van der Waals surface area contributed by atoms with Crippen LogP contribution in [-0.2, 0) is 4.74 Å². The predicted molar refractivity (Wildman–Crippen MR) is 73.3 cm³/mol. The summed E-state index contributed by atoms with van der Waals surface area (Å²) in [6, 6.07) is 5.09. The monoisotopic (exact) mass is 264 g/mol. The number of hydrogen-bond donors (Lipinski definition) is 2. The molecule has 1 atom stereocenters. The average molecular weight is 264 g/mol. The van der Waals surface area contributed by atoms with Gasteiger partial charge in [-0.3, -0.25) is 4.79 Å². The van der Waals surface area contributed by atoms with E-state index in [1.807, 2.05) is 6.92 Å². The molecule has 1 aliphatic heterocycles. The van der Waals surface area contributed by atoms with E-state index in [2.05, 4.69) is 5.32 Å². The highest BCUT2D eigenvalue weighted by Crippen LogP contribution is 2.24. The number of carbonyl (C=O) groups excluding carboxylic acids is 1. The van der Waals surface area contributed by atoms with Crippen LogP contribution in [0.3, 0.4) is 0 Å². The summed E-state index contributed by atoms with van der Waals surface area (Å²) in [5.41, 5.74) is 6.97. The molecule has 1 aromatic carbocycles.